The van der Waals surface area contributed by atoms with Gasteiger partial charge in [-0.2, -0.15) is 0 Å². The average Bonchev–Trinajstić information content (AvgIpc) is 2.63. The number of methoxy groups -OCH3 is 2. The Morgan fingerprint density at radius 3 is 2.22 bits per heavy atom. The first kappa shape index (κ1) is 23.1. The first-order chi connectivity index (χ1) is 12.7. The molecule has 0 bridgehead atoms. The summed E-state index contributed by atoms with van der Waals surface area (Å²) < 4.78 is 19.8. The summed E-state index contributed by atoms with van der Waals surface area (Å²) in [4.78, 5) is 32.7. The monoisotopic (exact) mass is 402 g/mol. The molecule has 152 valence electrons. The minimum Gasteiger partial charge on any atom is -0.493 e. The topological polar surface area (TPSA) is 137 Å². The van der Waals surface area contributed by atoms with E-state index < -0.39 is 7.82 Å². The van der Waals surface area contributed by atoms with Crippen molar-refractivity contribution in [1.82, 2.24) is 14.9 Å². The van der Waals surface area contributed by atoms with Gasteiger partial charge < -0.3 is 34.4 Å². The number of ether oxygens (including phenoxy) is 2. The molecule has 0 saturated carbocycles. The molecule has 0 fully saturated rings. The quantitative estimate of drug-likeness (QED) is 0.480. The highest BCUT2D eigenvalue weighted by Gasteiger charge is 2.16. The van der Waals surface area contributed by atoms with Crippen molar-refractivity contribution in [2.45, 2.75) is 13.8 Å². The first-order valence-corrected chi connectivity index (χ1v) is 9.91. The van der Waals surface area contributed by atoms with E-state index in [0.717, 1.165) is 42.9 Å². The summed E-state index contributed by atoms with van der Waals surface area (Å²) in [6.45, 7) is 8.15. The number of anilines is 1. The van der Waals surface area contributed by atoms with Crippen LogP contribution in [0.4, 0.5) is 5.69 Å². The molecule has 2 aromatic rings. The third kappa shape index (κ3) is 7.66. The molecule has 0 aliphatic carbocycles. The van der Waals surface area contributed by atoms with Crippen LogP contribution >= 0.6 is 7.82 Å². The number of benzene rings is 1. The molecule has 11 heteroatoms. The lowest BCUT2D eigenvalue weighted by Crippen LogP contribution is -2.28. The molecule has 0 unspecified atom stereocenters. The summed E-state index contributed by atoms with van der Waals surface area (Å²) in [5, 5.41) is 3.43. The van der Waals surface area contributed by atoms with Crippen molar-refractivity contribution < 1.29 is 28.7 Å². The molecule has 0 atom stereocenters. The van der Waals surface area contributed by atoms with Crippen LogP contribution in [-0.4, -0.2) is 69.9 Å². The number of likely N-dealkylation sites (N-methyl/N-ethyl adjacent to an activating group) is 1. The van der Waals surface area contributed by atoms with Crippen molar-refractivity contribution in [3.05, 3.63) is 18.5 Å². The van der Waals surface area contributed by atoms with E-state index in [2.05, 4.69) is 34.0 Å². The third-order valence-electron chi connectivity index (χ3n) is 3.73. The van der Waals surface area contributed by atoms with Crippen molar-refractivity contribution in [3.8, 4) is 11.5 Å². The van der Waals surface area contributed by atoms with Gasteiger partial charge in [0.2, 0.25) is 0 Å². The fourth-order valence-corrected chi connectivity index (χ4v) is 2.46. The minimum absolute atomic E-state index is 0.654. The Kier molecular flexibility index (Phi) is 9.40. The van der Waals surface area contributed by atoms with E-state index in [1.54, 1.807) is 26.6 Å². The maximum Gasteiger partial charge on any atom is 0.466 e. The zero-order valence-electron chi connectivity index (χ0n) is 15.9. The Morgan fingerprint density at radius 2 is 1.70 bits per heavy atom. The summed E-state index contributed by atoms with van der Waals surface area (Å²) in [5.74, 6) is 1.32. The number of hydrogen-bond acceptors (Lipinski definition) is 7. The summed E-state index contributed by atoms with van der Waals surface area (Å²) in [7, 11) is -1.38. The van der Waals surface area contributed by atoms with Crippen molar-refractivity contribution in [2.24, 2.45) is 0 Å². The van der Waals surface area contributed by atoms with Crippen LogP contribution in [-0.2, 0) is 4.57 Å². The molecular weight excluding hydrogens is 375 g/mol. The number of nitrogens with zero attached hydrogens (tertiary/aromatic N) is 3. The fraction of sp³-hybridized carbons (Fsp3) is 0.500. The Bertz CT molecular complexity index is 758. The van der Waals surface area contributed by atoms with E-state index in [4.69, 9.17) is 28.7 Å². The predicted molar refractivity (Wildman–Crippen MR) is 103 cm³/mol. The third-order valence-corrected chi connectivity index (χ3v) is 3.73. The van der Waals surface area contributed by atoms with Crippen LogP contribution in [0.5, 0.6) is 11.5 Å². The Labute approximate surface area is 158 Å². The maximum atomic E-state index is 8.88. The average molecular weight is 402 g/mol. The second-order valence-corrected chi connectivity index (χ2v) is 6.40. The van der Waals surface area contributed by atoms with E-state index in [1.165, 1.54) is 0 Å². The number of fused-ring (bicyclic) bond motifs is 1. The van der Waals surface area contributed by atoms with Crippen LogP contribution in [0.1, 0.15) is 13.8 Å². The lowest BCUT2D eigenvalue weighted by Gasteiger charge is -2.20. The van der Waals surface area contributed by atoms with Gasteiger partial charge >= 0.3 is 7.82 Å². The van der Waals surface area contributed by atoms with Gasteiger partial charge in [0.25, 0.3) is 0 Å². The molecule has 0 aliphatic rings. The van der Waals surface area contributed by atoms with Crippen molar-refractivity contribution >= 4 is 24.5 Å². The maximum absolute atomic E-state index is 8.88. The molecule has 0 radical (unpaired) electrons. The highest BCUT2D eigenvalue weighted by Crippen LogP contribution is 2.39. The molecular formula is C16H27N4O6P. The summed E-state index contributed by atoms with van der Waals surface area (Å²) in [6, 6.07) is 1.84. The van der Waals surface area contributed by atoms with Gasteiger partial charge in [0.15, 0.2) is 11.5 Å². The van der Waals surface area contributed by atoms with Gasteiger partial charge in [-0.05, 0) is 13.1 Å². The Morgan fingerprint density at radius 1 is 1.11 bits per heavy atom. The van der Waals surface area contributed by atoms with Crippen LogP contribution in [0.15, 0.2) is 18.5 Å². The molecule has 0 spiro atoms. The van der Waals surface area contributed by atoms with Gasteiger partial charge in [-0.3, -0.25) is 9.97 Å². The Balaban J connectivity index is 0.000000646. The largest absolute Gasteiger partial charge is 0.493 e. The molecule has 4 N–H and O–H groups in total. The van der Waals surface area contributed by atoms with Crippen LogP contribution in [0, 0.1) is 0 Å². The van der Waals surface area contributed by atoms with Crippen molar-refractivity contribution in [1.29, 1.82) is 0 Å². The number of aromatic nitrogens is 2. The minimum atomic E-state index is -4.64. The van der Waals surface area contributed by atoms with Gasteiger partial charge in [-0.25, -0.2) is 4.57 Å². The number of rotatable bonds is 8. The molecule has 0 saturated heterocycles. The van der Waals surface area contributed by atoms with Gasteiger partial charge in [-0.15, -0.1) is 0 Å². The van der Waals surface area contributed by atoms with Crippen LogP contribution in [0.25, 0.3) is 11.0 Å². The smallest absolute Gasteiger partial charge is 0.466 e. The highest BCUT2D eigenvalue weighted by molar-refractivity contribution is 7.45. The number of phosphoric acid groups is 1. The molecule has 1 aromatic heterocycles. The van der Waals surface area contributed by atoms with Crippen molar-refractivity contribution in [3.63, 3.8) is 0 Å². The van der Waals surface area contributed by atoms with Crippen LogP contribution < -0.4 is 14.8 Å². The molecule has 0 aliphatic heterocycles. The van der Waals surface area contributed by atoms with Crippen LogP contribution in [0.2, 0.25) is 0 Å². The zero-order chi connectivity index (χ0) is 20.4. The normalized spacial score (nSPS) is 11.1. The zero-order valence-corrected chi connectivity index (χ0v) is 16.8. The van der Waals surface area contributed by atoms with E-state index in [1.807, 2.05) is 6.07 Å². The standard InChI is InChI=1S/C16H24N4O2.H3O4P/c1-5-20(6-2)10-9-19-15-14-12(17-7-8-18-14)11-13(21-3)16(15)22-4;1-5(2,3)4/h7-8,11,19H,5-6,9-10H2,1-4H3;(H3,1,2,3,4). The second kappa shape index (κ2) is 11.0. The summed E-state index contributed by atoms with van der Waals surface area (Å²) >= 11 is 0. The van der Waals surface area contributed by atoms with Gasteiger partial charge in [0.05, 0.1) is 19.7 Å². The SMILES string of the molecule is CCN(CC)CCNc1c(OC)c(OC)cc2nccnc12.O=P(O)(O)O. The first-order valence-electron chi connectivity index (χ1n) is 8.35. The Hall–Kier alpha value is -1.97. The van der Waals surface area contributed by atoms with E-state index >= 15 is 0 Å². The molecule has 27 heavy (non-hydrogen) atoms. The van der Waals surface area contributed by atoms with Gasteiger partial charge in [0.1, 0.15) is 11.2 Å². The lowest BCUT2D eigenvalue weighted by molar-refractivity contribution is 0.275. The van der Waals surface area contributed by atoms with E-state index in [-0.39, 0.29) is 0 Å². The molecule has 10 nitrogen and oxygen atoms in total. The molecule has 0 amide bonds. The number of nitrogens with one attached hydrogen (secondary N) is 1. The fourth-order valence-electron chi connectivity index (χ4n) is 2.46. The second-order valence-electron chi connectivity index (χ2n) is 5.38. The van der Waals surface area contributed by atoms with Crippen molar-refractivity contribution in [2.75, 3.05) is 45.7 Å². The molecule has 1 heterocycles. The summed E-state index contributed by atoms with van der Waals surface area (Å²) in [6.07, 6.45) is 3.36. The van der Waals surface area contributed by atoms with Gasteiger partial charge in [0, 0.05) is 31.5 Å². The lowest BCUT2D eigenvalue weighted by atomic mass is 10.2. The predicted octanol–water partition coefficient (Wildman–Crippen LogP) is 1.47. The highest BCUT2D eigenvalue weighted by atomic mass is 31.2. The van der Waals surface area contributed by atoms with E-state index in [0.29, 0.717) is 11.5 Å². The molecule has 1 aromatic carbocycles. The van der Waals surface area contributed by atoms with E-state index in [9.17, 15) is 0 Å². The number of hydrogen-bond donors (Lipinski definition) is 4. The van der Waals surface area contributed by atoms with Crippen LogP contribution in [0.3, 0.4) is 0 Å². The van der Waals surface area contributed by atoms with Gasteiger partial charge in [-0.1, -0.05) is 13.8 Å². The molecule has 2 rings (SSSR count). The summed E-state index contributed by atoms with van der Waals surface area (Å²) in [5.41, 5.74) is 2.40.